The molecule has 0 aliphatic heterocycles. The topological polar surface area (TPSA) is 84.2 Å². The SMILES string of the molecule is Cc1ccc(NC(=O)CC(NC(N)=O)c2ccccc2Cl)cc1. The molecule has 0 aromatic heterocycles. The van der Waals surface area contributed by atoms with Gasteiger partial charge in [-0.2, -0.15) is 0 Å². The first-order valence-corrected chi connectivity index (χ1v) is 7.50. The van der Waals surface area contributed by atoms with Gasteiger partial charge < -0.3 is 16.4 Å². The van der Waals surface area contributed by atoms with Crippen molar-refractivity contribution in [2.45, 2.75) is 19.4 Å². The van der Waals surface area contributed by atoms with Crippen molar-refractivity contribution in [2.75, 3.05) is 5.32 Å². The third-order valence-electron chi connectivity index (χ3n) is 3.32. The molecule has 0 spiro atoms. The number of halogens is 1. The lowest BCUT2D eigenvalue weighted by atomic mass is 10.0. The number of carbonyl (C=O) groups is 2. The van der Waals surface area contributed by atoms with E-state index < -0.39 is 12.1 Å². The predicted molar refractivity (Wildman–Crippen MR) is 91.3 cm³/mol. The van der Waals surface area contributed by atoms with Crippen molar-refractivity contribution in [1.82, 2.24) is 5.32 Å². The molecule has 120 valence electrons. The Morgan fingerprint density at radius 3 is 2.39 bits per heavy atom. The molecule has 5 nitrogen and oxygen atoms in total. The number of hydrogen-bond acceptors (Lipinski definition) is 2. The van der Waals surface area contributed by atoms with E-state index in [2.05, 4.69) is 10.6 Å². The minimum absolute atomic E-state index is 0.0283. The van der Waals surface area contributed by atoms with Crippen molar-refractivity contribution in [2.24, 2.45) is 5.73 Å². The summed E-state index contributed by atoms with van der Waals surface area (Å²) in [5, 5.41) is 5.81. The van der Waals surface area contributed by atoms with Crippen LogP contribution in [0, 0.1) is 6.92 Å². The van der Waals surface area contributed by atoms with E-state index in [0.29, 0.717) is 16.3 Å². The summed E-state index contributed by atoms with van der Waals surface area (Å²) in [4.78, 5) is 23.4. The molecule has 0 bridgehead atoms. The Labute approximate surface area is 139 Å². The number of aryl methyl sites for hydroxylation is 1. The van der Waals surface area contributed by atoms with Crippen LogP contribution in [-0.2, 0) is 4.79 Å². The van der Waals surface area contributed by atoms with Gasteiger partial charge in [0.2, 0.25) is 5.91 Å². The number of urea groups is 1. The van der Waals surface area contributed by atoms with Gasteiger partial charge in [-0.05, 0) is 30.7 Å². The molecule has 0 aliphatic rings. The molecular weight excluding hydrogens is 314 g/mol. The Hall–Kier alpha value is -2.53. The number of rotatable bonds is 5. The van der Waals surface area contributed by atoms with Crippen LogP contribution in [0.2, 0.25) is 5.02 Å². The number of primary amides is 1. The van der Waals surface area contributed by atoms with Gasteiger partial charge in [0, 0.05) is 10.7 Å². The second kappa shape index (κ2) is 7.65. The third-order valence-corrected chi connectivity index (χ3v) is 3.67. The predicted octanol–water partition coefficient (Wildman–Crippen LogP) is 3.39. The Kier molecular flexibility index (Phi) is 5.60. The Morgan fingerprint density at radius 1 is 1.13 bits per heavy atom. The molecule has 0 aliphatic carbocycles. The van der Waals surface area contributed by atoms with Gasteiger partial charge in [0.25, 0.3) is 0 Å². The Bertz CT molecular complexity index is 701. The second-order valence-corrected chi connectivity index (χ2v) is 5.61. The van der Waals surface area contributed by atoms with Crippen LogP contribution in [0.5, 0.6) is 0 Å². The summed E-state index contributed by atoms with van der Waals surface area (Å²) in [5.41, 5.74) is 7.64. The minimum Gasteiger partial charge on any atom is -0.352 e. The molecule has 1 atom stereocenters. The summed E-state index contributed by atoms with van der Waals surface area (Å²) in [6.07, 6.45) is 0.0283. The van der Waals surface area contributed by atoms with Crippen LogP contribution in [0.1, 0.15) is 23.6 Å². The maximum absolute atomic E-state index is 12.2. The molecule has 23 heavy (non-hydrogen) atoms. The summed E-state index contributed by atoms with van der Waals surface area (Å²) >= 11 is 6.14. The zero-order chi connectivity index (χ0) is 16.8. The number of nitrogens with one attached hydrogen (secondary N) is 2. The number of amides is 3. The zero-order valence-electron chi connectivity index (χ0n) is 12.7. The van der Waals surface area contributed by atoms with E-state index in [0.717, 1.165) is 5.56 Å². The quantitative estimate of drug-likeness (QED) is 0.784. The first-order chi connectivity index (χ1) is 11.0. The number of carbonyl (C=O) groups excluding carboxylic acids is 2. The van der Waals surface area contributed by atoms with Crippen molar-refractivity contribution in [3.8, 4) is 0 Å². The fourth-order valence-corrected chi connectivity index (χ4v) is 2.47. The fraction of sp³-hybridized carbons (Fsp3) is 0.176. The van der Waals surface area contributed by atoms with E-state index in [1.165, 1.54) is 0 Å². The number of nitrogens with two attached hydrogens (primary N) is 1. The maximum atomic E-state index is 12.2. The van der Waals surface area contributed by atoms with Crippen LogP contribution in [0.25, 0.3) is 0 Å². The molecule has 2 aromatic rings. The van der Waals surface area contributed by atoms with Crippen molar-refractivity contribution < 1.29 is 9.59 Å². The van der Waals surface area contributed by atoms with E-state index >= 15 is 0 Å². The molecule has 0 fully saturated rings. The van der Waals surface area contributed by atoms with Crippen LogP contribution < -0.4 is 16.4 Å². The molecule has 6 heteroatoms. The normalized spacial score (nSPS) is 11.6. The minimum atomic E-state index is -0.710. The second-order valence-electron chi connectivity index (χ2n) is 5.20. The van der Waals surface area contributed by atoms with E-state index in [1.807, 2.05) is 31.2 Å². The molecule has 0 heterocycles. The maximum Gasteiger partial charge on any atom is 0.312 e. The highest BCUT2D eigenvalue weighted by Crippen LogP contribution is 2.25. The van der Waals surface area contributed by atoms with Crippen LogP contribution in [0.15, 0.2) is 48.5 Å². The average molecular weight is 332 g/mol. The molecule has 0 radical (unpaired) electrons. The first kappa shape index (κ1) is 16.8. The van der Waals surface area contributed by atoms with E-state index in [9.17, 15) is 9.59 Å². The lowest BCUT2D eigenvalue weighted by molar-refractivity contribution is -0.116. The summed E-state index contributed by atoms with van der Waals surface area (Å²) in [5.74, 6) is -0.243. The highest BCUT2D eigenvalue weighted by Gasteiger charge is 2.19. The van der Waals surface area contributed by atoms with Gasteiger partial charge in [0.15, 0.2) is 0 Å². The van der Waals surface area contributed by atoms with Gasteiger partial charge in [0.05, 0.1) is 12.5 Å². The number of anilines is 1. The smallest absolute Gasteiger partial charge is 0.312 e. The van der Waals surface area contributed by atoms with Gasteiger partial charge in [-0.3, -0.25) is 4.79 Å². The summed E-state index contributed by atoms with van der Waals surface area (Å²) < 4.78 is 0. The lowest BCUT2D eigenvalue weighted by Crippen LogP contribution is -2.35. The van der Waals surface area contributed by atoms with Gasteiger partial charge in [-0.25, -0.2) is 4.79 Å². The highest BCUT2D eigenvalue weighted by molar-refractivity contribution is 6.31. The average Bonchev–Trinajstić information content (AvgIpc) is 2.49. The van der Waals surface area contributed by atoms with Gasteiger partial charge in [0.1, 0.15) is 0 Å². The van der Waals surface area contributed by atoms with Crippen molar-refractivity contribution in [1.29, 1.82) is 0 Å². The molecule has 3 amide bonds. The molecular formula is C17H18ClN3O2. The van der Waals surface area contributed by atoms with Crippen LogP contribution >= 0.6 is 11.6 Å². The molecule has 0 saturated carbocycles. The van der Waals surface area contributed by atoms with Crippen molar-refractivity contribution >= 4 is 29.2 Å². The summed E-state index contributed by atoms with van der Waals surface area (Å²) in [6, 6.07) is 13.2. The summed E-state index contributed by atoms with van der Waals surface area (Å²) in [6.45, 7) is 1.97. The molecule has 2 rings (SSSR count). The van der Waals surface area contributed by atoms with Gasteiger partial charge >= 0.3 is 6.03 Å². The molecule has 0 saturated heterocycles. The third kappa shape index (κ3) is 5.00. The van der Waals surface area contributed by atoms with Crippen molar-refractivity contribution in [3.63, 3.8) is 0 Å². The number of benzene rings is 2. The molecule has 2 aromatic carbocycles. The first-order valence-electron chi connectivity index (χ1n) is 7.12. The van der Waals surface area contributed by atoms with E-state index in [-0.39, 0.29) is 12.3 Å². The van der Waals surface area contributed by atoms with Crippen LogP contribution in [0.3, 0.4) is 0 Å². The largest absolute Gasteiger partial charge is 0.352 e. The summed E-state index contributed by atoms with van der Waals surface area (Å²) in [7, 11) is 0. The fourth-order valence-electron chi connectivity index (χ4n) is 2.20. The lowest BCUT2D eigenvalue weighted by Gasteiger charge is -2.19. The highest BCUT2D eigenvalue weighted by atomic mass is 35.5. The Morgan fingerprint density at radius 2 is 1.78 bits per heavy atom. The van der Waals surface area contributed by atoms with Gasteiger partial charge in [-0.1, -0.05) is 47.5 Å². The van der Waals surface area contributed by atoms with Gasteiger partial charge in [-0.15, -0.1) is 0 Å². The zero-order valence-corrected chi connectivity index (χ0v) is 13.4. The Balaban J connectivity index is 2.11. The van der Waals surface area contributed by atoms with E-state index in [4.69, 9.17) is 17.3 Å². The number of hydrogen-bond donors (Lipinski definition) is 3. The van der Waals surface area contributed by atoms with Crippen LogP contribution in [0.4, 0.5) is 10.5 Å². The van der Waals surface area contributed by atoms with E-state index in [1.54, 1.807) is 24.3 Å². The molecule has 4 N–H and O–H groups in total. The standard InChI is InChI=1S/C17H18ClN3O2/c1-11-6-8-12(9-7-11)20-16(22)10-15(21-17(19)23)13-4-2-3-5-14(13)18/h2-9,15H,10H2,1H3,(H,20,22)(H3,19,21,23). The molecule has 1 unspecified atom stereocenters. The monoisotopic (exact) mass is 331 g/mol. The van der Waals surface area contributed by atoms with Crippen molar-refractivity contribution in [3.05, 3.63) is 64.7 Å². The van der Waals surface area contributed by atoms with Crippen LogP contribution in [-0.4, -0.2) is 11.9 Å².